The number of anilines is 3. The van der Waals surface area contributed by atoms with Crippen LogP contribution in [0.1, 0.15) is 12.0 Å². The molecule has 1 fully saturated rings. The Morgan fingerprint density at radius 3 is 2.81 bits per heavy atom. The number of pyridine rings is 1. The maximum Gasteiger partial charge on any atom is 0.243 e. The molecule has 1 aromatic heterocycles. The summed E-state index contributed by atoms with van der Waals surface area (Å²) in [6.45, 7) is -0.886. The second kappa shape index (κ2) is 11.1. The summed E-state index contributed by atoms with van der Waals surface area (Å²) < 4.78 is 43.7. The Kier molecular flexibility index (Phi) is 8.05. The first-order chi connectivity index (χ1) is 17.6. The molecule has 1 aliphatic rings. The Morgan fingerprint density at radius 2 is 2.16 bits per heavy atom. The predicted molar refractivity (Wildman–Crippen MR) is 138 cm³/mol. The van der Waals surface area contributed by atoms with Crippen molar-refractivity contribution in [2.45, 2.75) is 17.8 Å². The van der Waals surface area contributed by atoms with Gasteiger partial charge in [-0.2, -0.15) is 5.26 Å². The van der Waals surface area contributed by atoms with Gasteiger partial charge in [0.15, 0.2) is 5.25 Å². The number of fused-ring (bicyclic) bond motifs is 1. The van der Waals surface area contributed by atoms with Gasteiger partial charge in [0.25, 0.3) is 0 Å². The third kappa shape index (κ3) is 5.89. The van der Waals surface area contributed by atoms with E-state index in [2.05, 4.69) is 15.6 Å². The Morgan fingerprint density at radius 1 is 1.38 bits per heavy atom. The average Bonchev–Trinajstić information content (AvgIpc) is 3.23. The monoisotopic (exact) mass is 566 g/mol. The van der Waals surface area contributed by atoms with Crippen molar-refractivity contribution in [3.63, 3.8) is 0 Å². The van der Waals surface area contributed by atoms with Gasteiger partial charge >= 0.3 is 0 Å². The van der Waals surface area contributed by atoms with E-state index in [-0.39, 0.29) is 46.5 Å². The lowest BCUT2D eigenvalue weighted by Gasteiger charge is -2.18. The van der Waals surface area contributed by atoms with E-state index in [0.29, 0.717) is 27.4 Å². The summed E-state index contributed by atoms with van der Waals surface area (Å²) in [6.07, 6.45) is 0.243. The molecule has 0 aliphatic carbocycles. The van der Waals surface area contributed by atoms with Crippen LogP contribution < -0.4 is 15.4 Å². The number of aliphatic hydroxyl groups excluding tert-OH is 2. The number of hydrogen-bond acceptors (Lipinski definition) is 10. The summed E-state index contributed by atoms with van der Waals surface area (Å²) in [5.74, 6) is -1.04. The minimum Gasteiger partial charge on any atom is -0.489 e. The van der Waals surface area contributed by atoms with Crippen LogP contribution in [0, 0.1) is 17.1 Å². The van der Waals surface area contributed by atoms with Crippen molar-refractivity contribution in [3.05, 3.63) is 52.9 Å². The van der Waals surface area contributed by atoms with Crippen LogP contribution in [0.2, 0.25) is 5.02 Å². The van der Waals surface area contributed by atoms with Crippen LogP contribution in [0.15, 0.2) is 36.5 Å². The number of amides is 1. The molecule has 194 valence electrons. The fourth-order valence-electron chi connectivity index (χ4n) is 3.59. The van der Waals surface area contributed by atoms with E-state index < -0.39 is 38.6 Å². The van der Waals surface area contributed by atoms with Gasteiger partial charge in [-0.3, -0.25) is 9.78 Å². The van der Waals surface area contributed by atoms with Gasteiger partial charge in [0.1, 0.15) is 30.3 Å². The highest BCUT2D eigenvalue weighted by atomic mass is 35.5. The lowest BCUT2D eigenvalue weighted by atomic mass is 10.1. The summed E-state index contributed by atoms with van der Waals surface area (Å²) >= 11 is 5.89. The Labute approximate surface area is 219 Å². The normalized spacial score (nSPS) is 17.2. The van der Waals surface area contributed by atoms with E-state index in [1.54, 1.807) is 0 Å². The maximum absolute atomic E-state index is 13.6. The predicted octanol–water partition coefficient (Wildman–Crippen LogP) is 3.15. The standard InChI is InChI=1S/C23H20ClFN4O6S2/c24-16-5-13(1-2-17(16)25)28-22-12(8-26)9-27-18-7-20(35-11-14(31)10-30)19(6-15(18)22)29-23(32)21-3-4-36-37(21,33)34/h1-2,5-7,9,14,21,30-31H,3-4,10-11H2,(H,27,28)(H,29,32). The SMILES string of the molecule is N#Cc1cnc2cc(OCC(O)CO)c(NC(=O)C3CCSS3(=O)=O)cc2c1Nc1ccc(F)c(Cl)c1. The van der Waals surface area contributed by atoms with Crippen molar-refractivity contribution >= 4 is 65.1 Å². The van der Waals surface area contributed by atoms with Gasteiger partial charge < -0.3 is 25.6 Å². The highest BCUT2D eigenvalue weighted by molar-refractivity contribution is 8.72. The Bertz CT molecular complexity index is 1520. The molecule has 4 N–H and O–H groups in total. The van der Waals surface area contributed by atoms with E-state index in [0.717, 1.165) is 6.07 Å². The fourth-order valence-corrected chi connectivity index (χ4v) is 7.40. The van der Waals surface area contributed by atoms with Crippen LogP contribution in [0.5, 0.6) is 5.75 Å². The Hall–Kier alpha value is -3.15. The average molecular weight is 567 g/mol. The summed E-state index contributed by atoms with van der Waals surface area (Å²) in [5, 5.41) is 33.1. The molecular weight excluding hydrogens is 547 g/mol. The lowest BCUT2D eigenvalue weighted by Crippen LogP contribution is -2.31. The number of nitrogens with zero attached hydrogens (tertiary/aromatic N) is 2. The van der Waals surface area contributed by atoms with Crippen LogP contribution in [0.4, 0.5) is 21.5 Å². The Balaban J connectivity index is 1.81. The number of aliphatic hydroxyl groups is 2. The fraction of sp³-hybridized carbons (Fsp3) is 0.261. The van der Waals surface area contributed by atoms with E-state index in [9.17, 15) is 28.0 Å². The zero-order chi connectivity index (χ0) is 26.7. The molecule has 1 aliphatic heterocycles. The van der Waals surface area contributed by atoms with Gasteiger partial charge in [0.2, 0.25) is 14.8 Å². The first-order valence-corrected chi connectivity index (χ1v) is 14.3. The van der Waals surface area contributed by atoms with Crippen LogP contribution in [0.25, 0.3) is 10.9 Å². The second-order valence-electron chi connectivity index (χ2n) is 8.01. The number of benzene rings is 2. The van der Waals surface area contributed by atoms with Gasteiger partial charge in [0, 0.05) is 29.1 Å². The van der Waals surface area contributed by atoms with Crippen molar-refractivity contribution in [1.82, 2.24) is 4.98 Å². The maximum atomic E-state index is 13.6. The number of ether oxygens (including phenoxy) is 1. The third-order valence-corrected chi connectivity index (χ3v) is 9.80. The molecule has 1 saturated heterocycles. The van der Waals surface area contributed by atoms with E-state index in [1.807, 2.05) is 6.07 Å². The number of hydrogen-bond donors (Lipinski definition) is 4. The molecule has 4 rings (SSSR count). The molecule has 10 nitrogen and oxygen atoms in total. The number of rotatable bonds is 8. The molecule has 0 spiro atoms. The summed E-state index contributed by atoms with van der Waals surface area (Å²) in [5.41, 5.74) is 1.17. The van der Waals surface area contributed by atoms with Gasteiger partial charge in [0.05, 0.1) is 34.1 Å². The molecule has 2 atom stereocenters. The molecule has 1 amide bonds. The molecule has 0 radical (unpaired) electrons. The molecule has 37 heavy (non-hydrogen) atoms. The highest BCUT2D eigenvalue weighted by Gasteiger charge is 2.38. The minimum atomic E-state index is -3.68. The molecule has 0 saturated carbocycles. The second-order valence-corrected chi connectivity index (χ2v) is 12.7. The van der Waals surface area contributed by atoms with Crippen molar-refractivity contribution < 1.29 is 32.6 Å². The topological polar surface area (TPSA) is 162 Å². The number of halogens is 2. The summed E-state index contributed by atoms with van der Waals surface area (Å²) in [4.78, 5) is 17.2. The largest absolute Gasteiger partial charge is 0.489 e. The zero-order valence-electron chi connectivity index (χ0n) is 18.9. The summed E-state index contributed by atoms with van der Waals surface area (Å²) in [7, 11) is -2.97. The van der Waals surface area contributed by atoms with E-state index >= 15 is 0 Å². The number of aromatic nitrogens is 1. The smallest absolute Gasteiger partial charge is 0.243 e. The molecule has 2 heterocycles. The molecular formula is C23H20ClFN4O6S2. The first kappa shape index (κ1) is 26.9. The van der Waals surface area contributed by atoms with Gasteiger partial charge in [-0.25, -0.2) is 12.8 Å². The number of nitriles is 1. The van der Waals surface area contributed by atoms with Crippen molar-refractivity contribution in [3.8, 4) is 11.8 Å². The molecule has 2 aromatic carbocycles. The van der Waals surface area contributed by atoms with Crippen LogP contribution in [0.3, 0.4) is 0 Å². The van der Waals surface area contributed by atoms with Crippen molar-refractivity contribution in [1.29, 1.82) is 5.26 Å². The number of carbonyl (C=O) groups is 1. The van der Waals surface area contributed by atoms with Gasteiger partial charge in [-0.05, 0) is 41.5 Å². The quantitative estimate of drug-likeness (QED) is 0.298. The van der Waals surface area contributed by atoms with Crippen LogP contribution >= 0.6 is 22.4 Å². The lowest BCUT2D eigenvalue weighted by molar-refractivity contribution is -0.115. The highest BCUT2D eigenvalue weighted by Crippen LogP contribution is 2.38. The number of nitrogens with one attached hydrogen (secondary N) is 2. The summed E-state index contributed by atoms with van der Waals surface area (Å²) in [6, 6.07) is 8.83. The van der Waals surface area contributed by atoms with Gasteiger partial charge in [-0.15, -0.1) is 0 Å². The molecule has 14 heteroatoms. The van der Waals surface area contributed by atoms with E-state index in [4.69, 9.17) is 21.4 Å². The molecule has 3 aromatic rings. The van der Waals surface area contributed by atoms with Crippen LogP contribution in [-0.2, 0) is 13.7 Å². The minimum absolute atomic E-state index is 0.0596. The first-order valence-electron chi connectivity index (χ1n) is 10.8. The van der Waals surface area contributed by atoms with Crippen LogP contribution in [-0.4, -0.2) is 59.8 Å². The number of carbonyl (C=O) groups excluding carboxylic acids is 1. The third-order valence-electron chi connectivity index (χ3n) is 5.45. The van der Waals surface area contributed by atoms with Crippen molar-refractivity contribution in [2.75, 3.05) is 29.6 Å². The zero-order valence-corrected chi connectivity index (χ0v) is 21.3. The van der Waals surface area contributed by atoms with Gasteiger partial charge in [-0.1, -0.05) is 11.6 Å². The van der Waals surface area contributed by atoms with E-state index in [1.165, 1.54) is 30.5 Å². The molecule has 2 unspecified atom stereocenters. The molecule has 0 bridgehead atoms. The van der Waals surface area contributed by atoms with Crippen molar-refractivity contribution in [2.24, 2.45) is 0 Å².